The van der Waals surface area contributed by atoms with Crippen molar-refractivity contribution >= 4 is 16.6 Å². The first-order valence-electron chi connectivity index (χ1n) is 13.9. The number of aromatic amines is 1. The molecule has 0 aliphatic carbocycles. The number of likely N-dealkylation sites (tertiary alicyclic amines) is 1. The summed E-state index contributed by atoms with van der Waals surface area (Å²) in [5.74, 6) is 1.87. The molecule has 6 nitrogen and oxygen atoms in total. The van der Waals surface area contributed by atoms with Crippen molar-refractivity contribution in [2.75, 3.05) is 26.3 Å². The zero-order valence-corrected chi connectivity index (χ0v) is 22.2. The van der Waals surface area contributed by atoms with Crippen molar-refractivity contribution in [1.82, 2.24) is 24.5 Å². The van der Waals surface area contributed by atoms with Crippen molar-refractivity contribution in [1.29, 1.82) is 0 Å². The normalized spacial score (nSPS) is 18.7. The number of H-pyrrole nitrogens is 1. The lowest BCUT2D eigenvalue weighted by molar-refractivity contribution is 0.0252. The van der Waals surface area contributed by atoms with E-state index >= 15 is 0 Å². The Balaban J connectivity index is 1.33. The Hall–Kier alpha value is -2.70. The van der Waals surface area contributed by atoms with Crippen molar-refractivity contribution in [3.8, 4) is 11.3 Å². The molecule has 36 heavy (non-hydrogen) atoms. The minimum absolute atomic E-state index is 0.414. The average molecular weight is 486 g/mol. The van der Waals surface area contributed by atoms with Crippen molar-refractivity contribution in [2.45, 2.75) is 77.7 Å². The van der Waals surface area contributed by atoms with Gasteiger partial charge in [0.25, 0.3) is 0 Å². The van der Waals surface area contributed by atoms with E-state index in [9.17, 15) is 0 Å². The second kappa shape index (κ2) is 9.64. The molecule has 6 heteroatoms. The largest absolute Gasteiger partial charge is 0.381 e. The fourth-order valence-corrected chi connectivity index (χ4v) is 6.52. The summed E-state index contributed by atoms with van der Waals surface area (Å²) in [6.45, 7) is 13.0. The number of hydrogen-bond acceptors (Lipinski definition) is 4. The number of hydrogen-bond donors (Lipinski definition) is 1. The van der Waals surface area contributed by atoms with Gasteiger partial charge in [0.1, 0.15) is 5.82 Å². The van der Waals surface area contributed by atoms with E-state index < -0.39 is 0 Å². The Labute approximate surface area is 214 Å². The van der Waals surface area contributed by atoms with Crippen LogP contribution in [0.4, 0.5) is 0 Å². The summed E-state index contributed by atoms with van der Waals surface area (Å²) in [6, 6.07) is 10.2. The molecule has 3 aromatic heterocycles. The zero-order chi connectivity index (χ0) is 24.8. The number of pyridine rings is 1. The minimum Gasteiger partial charge on any atom is -0.381 e. The third-order valence-corrected chi connectivity index (χ3v) is 8.43. The van der Waals surface area contributed by atoms with Gasteiger partial charge in [0.15, 0.2) is 5.65 Å². The van der Waals surface area contributed by atoms with Crippen LogP contribution in [0.1, 0.15) is 80.8 Å². The van der Waals surface area contributed by atoms with Crippen LogP contribution in [0.2, 0.25) is 0 Å². The van der Waals surface area contributed by atoms with Crippen molar-refractivity contribution in [2.24, 2.45) is 0 Å². The van der Waals surface area contributed by atoms with Crippen LogP contribution in [0.25, 0.3) is 27.8 Å². The molecule has 0 unspecified atom stereocenters. The molecule has 1 N–H and O–H groups in total. The Kier molecular flexibility index (Phi) is 6.34. The van der Waals surface area contributed by atoms with Gasteiger partial charge in [-0.15, -0.1) is 0 Å². The van der Waals surface area contributed by atoms with E-state index in [2.05, 4.69) is 71.2 Å². The summed E-state index contributed by atoms with van der Waals surface area (Å²) in [7, 11) is 0. The van der Waals surface area contributed by atoms with Gasteiger partial charge in [-0.3, -0.25) is 0 Å². The standard InChI is InChI=1S/C30H39N5O/c1-5-21-16-24(18-35-30(21)31-20(4)33-35)29-28(19(2)3)26-17-23(6-7-27(26)32-29)22-8-12-34(13-9-22)25-10-14-36-15-11-25/h6-7,16-19,22,25,32H,5,8-15H2,1-4H3. The summed E-state index contributed by atoms with van der Waals surface area (Å²) in [5, 5.41) is 6.00. The maximum Gasteiger partial charge on any atom is 0.158 e. The molecule has 0 atom stereocenters. The van der Waals surface area contributed by atoms with Crippen molar-refractivity contribution in [3.05, 3.63) is 53.0 Å². The monoisotopic (exact) mass is 485 g/mol. The minimum atomic E-state index is 0.414. The predicted molar refractivity (Wildman–Crippen MR) is 146 cm³/mol. The fraction of sp³-hybridized carbons (Fsp3) is 0.533. The molecular weight excluding hydrogens is 446 g/mol. The van der Waals surface area contributed by atoms with Gasteiger partial charge in [-0.25, -0.2) is 9.50 Å². The van der Waals surface area contributed by atoms with Crippen LogP contribution in [0.15, 0.2) is 30.5 Å². The lowest BCUT2D eigenvalue weighted by Crippen LogP contribution is -2.43. The predicted octanol–water partition coefficient (Wildman–Crippen LogP) is 6.23. The fourth-order valence-electron chi connectivity index (χ4n) is 6.52. The van der Waals surface area contributed by atoms with Gasteiger partial charge in [-0.1, -0.05) is 26.8 Å². The van der Waals surface area contributed by atoms with Gasteiger partial charge in [0.05, 0.1) is 5.69 Å². The van der Waals surface area contributed by atoms with Crippen LogP contribution in [0, 0.1) is 6.92 Å². The first kappa shape index (κ1) is 23.7. The number of aryl methyl sites for hydroxylation is 2. The van der Waals surface area contributed by atoms with Crippen LogP contribution in [0.5, 0.6) is 0 Å². The van der Waals surface area contributed by atoms with Gasteiger partial charge < -0.3 is 14.6 Å². The van der Waals surface area contributed by atoms with E-state index in [0.717, 1.165) is 37.1 Å². The molecular formula is C30H39N5O. The number of ether oxygens (including phenoxy) is 1. The summed E-state index contributed by atoms with van der Waals surface area (Å²) in [5.41, 5.74) is 8.74. The molecule has 0 bridgehead atoms. The molecule has 0 spiro atoms. The topological polar surface area (TPSA) is 58.5 Å². The van der Waals surface area contributed by atoms with Crippen LogP contribution in [-0.2, 0) is 11.2 Å². The maximum absolute atomic E-state index is 5.58. The summed E-state index contributed by atoms with van der Waals surface area (Å²) < 4.78 is 7.54. The second-order valence-corrected chi connectivity index (χ2v) is 11.1. The van der Waals surface area contributed by atoms with Crippen LogP contribution in [0.3, 0.4) is 0 Å². The molecule has 4 aromatic rings. The van der Waals surface area contributed by atoms with Gasteiger partial charge in [0, 0.05) is 41.9 Å². The number of benzene rings is 1. The van der Waals surface area contributed by atoms with E-state index in [0.29, 0.717) is 11.8 Å². The van der Waals surface area contributed by atoms with Crippen molar-refractivity contribution in [3.63, 3.8) is 0 Å². The SMILES string of the molecule is CCc1cc(-c2[nH]c3ccc(C4CCN(C5CCOCC5)CC4)cc3c2C(C)C)cn2nc(C)nc12. The number of aromatic nitrogens is 4. The lowest BCUT2D eigenvalue weighted by atomic mass is 9.86. The van der Waals surface area contributed by atoms with Gasteiger partial charge in [0.2, 0.25) is 0 Å². The highest BCUT2D eigenvalue weighted by Gasteiger charge is 2.28. The summed E-state index contributed by atoms with van der Waals surface area (Å²) in [6.07, 6.45) is 7.96. The van der Waals surface area contributed by atoms with E-state index in [1.54, 1.807) is 0 Å². The lowest BCUT2D eigenvalue weighted by Gasteiger charge is -2.39. The molecule has 1 aromatic carbocycles. The summed E-state index contributed by atoms with van der Waals surface area (Å²) in [4.78, 5) is 11.2. The highest BCUT2D eigenvalue weighted by Crippen LogP contribution is 2.39. The molecule has 190 valence electrons. The number of piperidine rings is 1. The number of rotatable bonds is 5. The smallest absolute Gasteiger partial charge is 0.158 e. The Bertz CT molecular complexity index is 1370. The Morgan fingerprint density at radius 3 is 2.58 bits per heavy atom. The highest BCUT2D eigenvalue weighted by molar-refractivity contribution is 5.92. The number of nitrogens with zero attached hydrogens (tertiary/aromatic N) is 4. The molecule has 5 heterocycles. The molecule has 6 rings (SSSR count). The van der Waals surface area contributed by atoms with Crippen LogP contribution >= 0.6 is 0 Å². The Morgan fingerprint density at radius 2 is 1.86 bits per heavy atom. The highest BCUT2D eigenvalue weighted by atomic mass is 16.5. The first-order chi connectivity index (χ1) is 17.5. The van der Waals surface area contributed by atoms with Gasteiger partial charge in [-0.05, 0) is 98.8 Å². The van der Waals surface area contributed by atoms with E-state index in [-0.39, 0.29) is 0 Å². The molecule has 0 amide bonds. The third kappa shape index (κ3) is 4.24. The van der Waals surface area contributed by atoms with Gasteiger partial charge >= 0.3 is 0 Å². The van der Waals surface area contributed by atoms with E-state index in [1.807, 2.05) is 11.4 Å². The zero-order valence-electron chi connectivity index (χ0n) is 22.2. The summed E-state index contributed by atoms with van der Waals surface area (Å²) >= 11 is 0. The van der Waals surface area contributed by atoms with Crippen molar-refractivity contribution < 1.29 is 4.74 Å². The molecule has 2 saturated heterocycles. The molecule has 0 saturated carbocycles. The molecule has 2 aliphatic rings. The molecule has 0 radical (unpaired) electrons. The molecule has 2 aliphatic heterocycles. The van der Waals surface area contributed by atoms with Crippen LogP contribution in [-0.4, -0.2) is 56.8 Å². The molecule has 2 fully saturated rings. The number of fused-ring (bicyclic) bond motifs is 2. The second-order valence-electron chi connectivity index (χ2n) is 11.1. The first-order valence-corrected chi connectivity index (χ1v) is 13.9. The third-order valence-electron chi connectivity index (χ3n) is 8.43. The van der Waals surface area contributed by atoms with Gasteiger partial charge in [-0.2, -0.15) is 5.10 Å². The van der Waals surface area contributed by atoms with E-state index in [4.69, 9.17) is 4.74 Å². The van der Waals surface area contributed by atoms with Crippen LogP contribution < -0.4 is 0 Å². The maximum atomic E-state index is 5.58. The Morgan fingerprint density at radius 1 is 1.08 bits per heavy atom. The average Bonchev–Trinajstić information content (AvgIpc) is 3.48. The number of nitrogens with one attached hydrogen (secondary N) is 1. The quantitative estimate of drug-likeness (QED) is 0.364. The van der Waals surface area contributed by atoms with E-state index in [1.165, 1.54) is 77.6 Å².